The molecular formula is C13H23N3O3. The zero-order chi connectivity index (χ0) is 14.3. The van der Waals surface area contributed by atoms with Crippen LogP contribution in [0, 0.1) is 0 Å². The van der Waals surface area contributed by atoms with Crippen LogP contribution >= 0.6 is 0 Å². The summed E-state index contributed by atoms with van der Waals surface area (Å²) >= 11 is 0. The van der Waals surface area contributed by atoms with Gasteiger partial charge in [0.2, 0.25) is 11.8 Å². The van der Waals surface area contributed by atoms with Gasteiger partial charge in [0.25, 0.3) is 0 Å². The number of carbonyl (C=O) groups is 3. The molecule has 0 aliphatic carbocycles. The molecule has 1 aliphatic rings. The number of rotatable bonds is 7. The number of carbonyl (C=O) groups excluding carboxylic acids is 3. The molecule has 0 aromatic rings. The highest BCUT2D eigenvalue weighted by atomic mass is 16.2. The Bertz CT molecular complexity index is 334. The Balaban J connectivity index is 2.45. The standard InChI is InChI=1S/C13H23N3O3/c1-2-3-6-15(9-12(14)18)10-13(19)16-7-4-11(17)5-8-16/h2-10H2,1H3,(H2,14,18). The van der Waals surface area contributed by atoms with Gasteiger partial charge in [0, 0.05) is 25.9 Å². The molecule has 1 fully saturated rings. The predicted molar refractivity (Wildman–Crippen MR) is 71.4 cm³/mol. The molecule has 0 aromatic heterocycles. The van der Waals surface area contributed by atoms with Crippen molar-refractivity contribution in [1.82, 2.24) is 9.80 Å². The number of amides is 2. The van der Waals surface area contributed by atoms with Crippen molar-refractivity contribution in [3.8, 4) is 0 Å². The van der Waals surface area contributed by atoms with Crippen LogP contribution in [-0.4, -0.2) is 60.1 Å². The van der Waals surface area contributed by atoms with Crippen LogP contribution in [0.5, 0.6) is 0 Å². The molecule has 0 bridgehead atoms. The lowest BCUT2D eigenvalue weighted by Gasteiger charge is -2.29. The van der Waals surface area contributed by atoms with Crippen molar-refractivity contribution < 1.29 is 14.4 Å². The van der Waals surface area contributed by atoms with Gasteiger partial charge in [0.15, 0.2) is 0 Å². The highest BCUT2D eigenvalue weighted by Crippen LogP contribution is 2.07. The molecule has 1 aliphatic heterocycles. The van der Waals surface area contributed by atoms with E-state index in [1.54, 1.807) is 9.80 Å². The summed E-state index contributed by atoms with van der Waals surface area (Å²) in [6.07, 6.45) is 2.81. The second-order valence-corrected chi connectivity index (χ2v) is 4.95. The molecule has 0 unspecified atom stereocenters. The van der Waals surface area contributed by atoms with Crippen LogP contribution in [0.1, 0.15) is 32.6 Å². The molecular weight excluding hydrogens is 246 g/mol. The molecule has 2 amide bonds. The molecule has 0 radical (unpaired) electrons. The van der Waals surface area contributed by atoms with Gasteiger partial charge in [-0.1, -0.05) is 13.3 Å². The van der Waals surface area contributed by atoms with Gasteiger partial charge < -0.3 is 10.6 Å². The second kappa shape index (κ2) is 7.89. The van der Waals surface area contributed by atoms with Crippen molar-refractivity contribution >= 4 is 17.6 Å². The zero-order valence-corrected chi connectivity index (χ0v) is 11.6. The monoisotopic (exact) mass is 269 g/mol. The van der Waals surface area contributed by atoms with E-state index in [0.29, 0.717) is 32.5 Å². The highest BCUT2D eigenvalue weighted by Gasteiger charge is 2.22. The summed E-state index contributed by atoms with van der Waals surface area (Å²) in [7, 11) is 0. The minimum Gasteiger partial charge on any atom is -0.369 e. The van der Waals surface area contributed by atoms with Gasteiger partial charge in [0.1, 0.15) is 5.78 Å². The maximum atomic E-state index is 12.1. The van der Waals surface area contributed by atoms with Crippen LogP contribution in [0.4, 0.5) is 0 Å². The molecule has 1 rings (SSSR count). The van der Waals surface area contributed by atoms with Crippen LogP contribution in [0.3, 0.4) is 0 Å². The fraction of sp³-hybridized carbons (Fsp3) is 0.769. The lowest BCUT2D eigenvalue weighted by molar-refractivity contribution is -0.135. The third-order valence-corrected chi connectivity index (χ3v) is 3.24. The Morgan fingerprint density at radius 2 is 1.89 bits per heavy atom. The summed E-state index contributed by atoms with van der Waals surface area (Å²) in [5.74, 6) is -0.230. The molecule has 1 heterocycles. The van der Waals surface area contributed by atoms with Crippen molar-refractivity contribution in [2.24, 2.45) is 5.73 Å². The molecule has 0 spiro atoms. The Labute approximate surface area is 113 Å². The van der Waals surface area contributed by atoms with Crippen molar-refractivity contribution in [1.29, 1.82) is 0 Å². The molecule has 0 atom stereocenters. The van der Waals surface area contributed by atoms with Crippen molar-refractivity contribution in [2.75, 3.05) is 32.7 Å². The molecule has 0 saturated carbocycles. The highest BCUT2D eigenvalue weighted by molar-refractivity contribution is 5.84. The zero-order valence-electron chi connectivity index (χ0n) is 11.6. The maximum absolute atomic E-state index is 12.1. The van der Waals surface area contributed by atoms with Gasteiger partial charge in [0.05, 0.1) is 13.1 Å². The number of Topliss-reactive ketones (excluding diaryl/α,β-unsaturated/α-hetero) is 1. The van der Waals surface area contributed by atoms with E-state index in [1.165, 1.54) is 0 Å². The largest absolute Gasteiger partial charge is 0.369 e. The van der Waals surface area contributed by atoms with E-state index in [9.17, 15) is 14.4 Å². The van der Waals surface area contributed by atoms with E-state index in [1.807, 2.05) is 0 Å². The van der Waals surface area contributed by atoms with E-state index in [-0.39, 0.29) is 24.8 Å². The molecule has 0 aromatic carbocycles. The van der Waals surface area contributed by atoms with Crippen LogP contribution in [0.15, 0.2) is 0 Å². The number of likely N-dealkylation sites (tertiary alicyclic amines) is 1. The Morgan fingerprint density at radius 1 is 1.26 bits per heavy atom. The second-order valence-electron chi connectivity index (χ2n) is 4.95. The van der Waals surface area contributed by atoms with Gasteiger partial charge in [-0.25, -0.2) is 0 Å². The normalized spacial score (nSPS) is 15.9. The molecule has 6 nitrogen and oxygen atoms in total. The van der Waals surface area contributed by atoms with Crippen LogP contribution in [-0.2, 0) is 14.4 Å². The summed E-state index contributed by atoms with van der Waals surface area (Å²) in [5, 5.41) is 0. The number of hydrogen-bond donors (Lipinski definition) is 1. The van der Waals surface area contributed by atoms with Crippen LogP contribution in [0.2, 0.25) is 0 Å². The average molecular weight is 269 g/mol. The fourth-order valence-electron chi connectivity index (χ4n) is 2.11. The molecule has 19 heavy (non-hydrogen) atoms. The number of nitrogens with zero attached hydrogens (tertiary/aromatic N) is 2. The summed E-state index contributed by atoms with van der Waals surface area (Å²) in [5.41, 5.74) is 5.19. The van der Waals surface area contributed by atoms with E-state index >= 15 is 0 Å². The third-order valence-electron chi connectivity index (χ3n) is 3.24. The number of piperidine rings is 1. The lowest BCUT2D eigenvalue weighted by Crippen LogP contribution is -2.46. The quantitative estimate of drug-likeness (QED) is 0.691. The summed E-state index contributed by atoms with van der Waals surface area (Å²) in [4.78, 5) is 37.7. The van der Waals surface area contributed by atoms with Crippen LogP contribution < -0.4 is 5.73 Å². The Kier molecular flexibility index (Phi) is 6.49. The Morgan fingerprint density at radius 3 is 2.42 bits per heavy atom. The lowest BCUT2D eigenvalue weighted by atomic mass is 10.1. The minimum atomic E-state index is -0.419. The smallest absolute Gasteiger partial charge is 0.236 e. The number of primary amides is 1. The van der Waals surface area contributed by atoms with Crippen molar-refractivity contribution in [3.63, 3.8) is 0 Å². The first kappa shape index (κ1) is 15.6. The van der Waals surface area contributed by atoms with E-state index < -0.39 is 5.91 Å². The SMILES string of the molecule is CCCCN(CC(N)=O)CC(=O)N1CCC(=O)CC1. The van der Waals surface area contributed by atoms with Gasteiger partial charge >= 0.3 is 0 Å². The summed E-state index contributed by atoms with van der Waals surface area (Å²) in [6, 6.07) is 0. The fourth-order valence-corrected chi connectivity index (χ4v) is 2.11. The summed E-state index contributed by atoms with van der Waals surface area (Å²) < 4.78 is 0. The van der Waals surface area contributed by atoms with Crippen molar-refractivity contribution in [3.05, 3.63) is 0 Å². The first-order valence-corrected chi connectivity index (χ1v) is 6.83. The molecule has 2 N–H and O–H groups in total. The topological polar surface area (TPSA) is 83.7 Å². The number of hydrogen-bond acceptors (Lipinski definition) is 4. The molecule has 1 saturated heterocycles. The third kappa shape index (κ3) is 5.83. The first-order chi connectivity index (χ1) is 9.02. The van der Waals surface area contributed by atoms with Gasteiger partial charge in [-0.2, -0.15) is 0 Å². The number of ketones is 1. The van der Waals surface area contributed by atoms with Crippen molar-refractivity contribution in [2.45, 2.75) is 32.6 Å². The van der Waals surface area contributed by atoms with E-state index in [0.717, 1.165) is 12.8 Å². The predicted octanol–water partition coefficient (Wildman–Crippen LogP) is -0.235. The first-order valence-electron chi connectivity index (χ1n) is 6.83. The number of nitrogens with two attached hydrogens (primary N) is 1. The van der Waals surface area contributed by atoms with Gasteiger partial charge in [-0.15, -0.1) is 0 Å². The van der Waals surface area contributed by atoms with E-state index in [4.69, 9.17) is 5.73 Å². The number of unbranched alkanes of at least 4 members (excludes halogenated alkanes) is 1. The van der Waals surface area contributed by atoms with Crippen LogP contribution in [0.25, 0.3) is 0 Å². The molecule has 6 heteroatoms. The minimum absolute atomic E-state index is 0.0233. The van der Waals surface area contributed by atoms with E-state index in [2.05, 4.69) is 6.92 Å². The van der Waals surface area contributed by atoms with Gasteiger partial charge in [-0.3, -0.25) is 19.3 Å². The maximum Gasteiger partial charge on any atom is 0.236 e. The summed E-state index contributed by atoms with van der Waals surface area (Å²) in [6.45, 7) is 4.06. The van der Waals surface area contributed by atoms with Gasteiger partial charge in [-0.05, 0) is 13.0 Å². The average Bonchev–Trinajstić information content (AvgIpc) is 2.36. The molecule has 108 valence electrons. The Hall–Kier alpha value is -1.43.